The van der Waals surface area contributed by atoms with E-state index >= 15 is 0 Å². The molecule has 0 amide bonds. The van der Waals surface area contributed by atoms with Crippen molar-refractivity contribution in [1.82, 2.24) is 4.98 Å². The van der Waals surface area contributed by atoms with Gasteiger partial charge in [0.2, 0.25) is 0 Å². The predicted octanol–water partition coefficient (Wildman–Crippen LogP) is 4.29. The number of hydrogen-bond donors (Lipinski definition) is 1. The van der Waals surface area contributed by atoms with Gasteiger partial charge in [-0.3, -0.25) is 10.1 Å². The van der Waals surface area contributed by atoms with Gasteiger partial charge in [0.05, 0.1) is 10.4 Å². The molecule has 0 saturated carbocycles. The third-order valence-electron chi connectivity index (χ3n) is 2.97. The van der Waals surface area contributed by atoms with Crippen molar-refractivity contribution < 1.29 is 14.8 Å². The zero-order chi connectivity index (χ0) is 15.7. The summed E-state index contributed by atoms with van der Waals surface area (Å²) in [5.41, 5.74) is 0.270. The average molecular weight is 317 g/mol. The van der Waals surface area contributed by atoms with Crippen molar-refractivity contribution in [2.75, 3.05) is 0 Å². The van der Waals surface area contributed by atoms with Crippen LogP contribution in [0.2, 0.25) is 5.02 Å². The summed E-state index contributed by atoms with van der Waals surface area (Å²) in [6, 6.07) is 12.1. The number of aromatic hydroxyl groups is 1. The summed E-state index contributed by atoms with van der Waals surface area (Å²) in [6.45, 7) is 0. The fourth-order valence-corrected chi connectivity index (χ4v) is 2.13. The van der Waals surface area contributed by atoms with E-state index in [4.69, 9.17) is 16.3 Å². The van der Waals surface area contributed by atoms with Crippen molar-refractivity contribution in [1.29, 1.82) is 0 Å². The van der Waals surface area contributed by atoms with Crippen LogP contribution in [-0.2, 0) is 0 Å². The Morgan fingerprint density at radius 1 is 1.14 bits per heavy atom. The molecule has 1 aromatic heterocycles. The number of pyridine rings is 1. The first-order chi connectivity index (χ1) is 10.5. The second-order valence-corrected chi connectivity index (χ2v) is 4.94. The molecule has 0 unspecified atom stereocenters. The number of hydrogen-bond acceptors (Lipinski definition) is 5. The molecular formula is C15H9ClN2O4. The Labute approximate surface area is 129 Å². The third kappa shape index (κ3) is 2.77. The molecule has 6 nitrogen and oxygen atoms in total. The van der Waals surface area contributed by atoms with Crippen LogP contribution in [0.4, 0.5) is 5.69 Å². The van der Waals surface area contributed by atoms with Crippen molar-refractivity contribution >= 4 is 28.2 Å². The van der Waals surface area contributed by atoms with E-state index < -0.39 is 4.92 Å². The number of aromatic nitrogens is 1. The minimum Gasteiger partial charge on any atom is -0.508 e. The lowest BCUT2D eigenvalue weighted by molar-refractivity contribution is -0.385. The summed E-state index contributed by atoms with van der Waals surface area (Å²) in [4.78, 5) is 14.8. The molecule has 0 aliphatic rings. The van der Waals surface area contributed by atoms with Gasteiger partial charge in [-0.25, -0.2) is 4.98 Å². The normalized spacial score (nSPS) is 10.6. The molecule has 110 valence electrons. The maximum absolute atomic E-state index is 11.2. The standard InChI is InChI=1S/C15H9ClN2O4/c16-10-1-6-13-9(7-10)8-14(18(20)21)15(17-13)22-12-4-2-11(19)3-5-12/h1-8,19H. The lowest BCUT2D eigenvalue weighted by Crippen LogP contribution is -1.96. The molecule has 0 radical (unpaired) electrons. The second-order valence-electron chi connectivity index (χ2n) is 4.50. The fraction of sp³-hybridized carbons (Fsp3) is 0. The van der Waals surface area contributed by atoms with E-state index in [-0.39, 0.29) is 17.3 Å². The van der Waals surface area contributed by atoms with E-state index in [0.29, 0.717) is 21.7 Å². The minimum absolute atomic E-state index is 0.0722. The molecule has 0 saturated heterocycles. The molecule has 0 fully saturated rings. The zero-order valence-electron chi connectivity index (χ0n) is 11.1. The van der Waals surface area contributed by atoms with Gasteiger partial charge in [-0.15, -0.1) is 0 Å². The van der Waals surface area contributed by atoms with Crippen molar-refractivity contribution in [3.05, 3.63) is 63.7 Å². The number of rotatable bonds is 3. The number of benzene rings is 2. The van der Waals surface area contributed by atoms with E-state index in [1.807, 2.05) is 0 Å². The molecule has 3 rings (SSSR count). The first-order valence-electron chi connectivity index (χ1n) is 6.24. The molecule has 0 aliphatic heterocycles. The van der Waals surface area contributed by atoms with Gasteiger partial charge in [-0.1, -0.05) is 11.6 Å². The molecule has 0 bridgehead atoms. The molecular weight excluding hydrogens is 308 g/mol. The van der Waals surface area contributed by atoms with Crippen LogP contribution in [-0.4, -0.2) is 15.0 Å². The average Bonchev–Trinajstić information content (AvgIpc) is 2.49. The molecule has 22 heavy (non-hydrogen) atoms. The smallest absolute Gasteiger partial charge is 0.332 e. The van der Waals surface area contributed by atoms with Crippen LogP contribution in [0.1, 0.15) is 0 Å². The zero-order valence-corrected chi connectivity index (χ0v) is 11.8. The summed E-state index contributed by atoms with van der Waals surface area (Å²) in [6.07, 6.45) is 0. The molecule has 0 atom stereocenters. The highest BCUT2D eigenvalue weighted by atomic mass is 35.5. The molecule has 3 aromatic rings. The third-order valence-corrected chi connectivity index (χ3v) is 3.21. The lowest BCUT2D eigenvalue weighted by atomic mass is 10.2. The Morgan fingerprint density at radius 3 is 2.55 bits per heavy atom. The topological polar surface area (TPSA) is 85.5 Å². The van der Waals surface area contributed by atoms with Crippen molar-refractivity contribution in [2.45, 2.75) is 0 Å². The molecule has 2 aromatic carbocycles. The van der Waals surface area contributed by atoms with Crippen LogP contribution in [0.5, 0.6) is 17.4 Å². The fourth-order valence-electron chi connectivity index (χ4n) is 1.95. The first-order valence-corrected chi connectivity index (χ1v) is 6.62. The van der Waals surface area contributed by atoms with E-state index in [1.54, 1.807) is 18.2 Å². The van der Waals surface area contributed by atoms with E-state index in [9.17, 15) is 15.2 Å². The van der Waals surface area contributed by atoms with Gasteiger partial charge in [0.1, 0.15) is 11.5 Å². The highest BCUT2D eigenvalue weighted by Gasteiger charge is 2.19. The Hall–Kier alpha value is -2.86. The number of halogens is 1. The maximum Gasteiger partial charge on any atom is 0.332 e. The summed E-state index contributed by atoms with van der Waals surface area (Å²) < 4.78 is 5.47. The maximum atomic E-state index is 11.2. The van der Waals surface area contributed by atoms with Crippen LogP contribution in [0.25, 0.3) is 10.9 Å². The van der Waals surface area contributed by atoms with Gasteiger partial charge in [0.15, 0.2) is 0 Å². The van der Waals surface area contributed by atoms with Crippen LogP contribution >= 0.6 is 11.6 Å². The molecule has 0 spiro atoms. The highest BCUT2D eigenvalue weighted by molar-refractivity contribution is 6.31. The monoisotopic (exact) mass is 316 g/mol. The summed E-state index contributed by atoms with van der Waals surface area (Å²) >= 11 is 5.88. The van der Waals surface area contributed by atoms with Crippen molar-refractivity contribution in [3.8, 4) is 17.4 Å². The van der Waals surface area contributed by atoms with Gasteiger partial charge in [-0.05, 0) is 42.5 Å². The minimum atomic E-state index is -0.566. The Bertz CT molecular complexity index is 865. The number of phenolic OH excluding ortho intramolecular Hbond substituents is 1. The second kappa shape index (κ2) is 5.50. The van der Waals surface area contributed by atoms with Crippen LogP contribution in [0.3, 0.4) is 0 Å². The molecule has 7 heteroatoms. The SMILES string of the molecule is O=[N+]([O-])c1cc2cc(Cl)ccc2nc1Oc1ccc(O)cc1. The van der Waals surface area contributed by atoms with Crippen LogP contribution < -0.4 is 4.74 Å². The molecule has 1 N–H and O–H groups in total. The quantitative estimate of drug-likeness (QED) is 0.575. The highest BCUT2D eigenvalue weighted by Crippen LogP contribution is 2.33. The number of nitro groups is 1. The van der Waals surface area contributed by atoms with E-state index in [2.05, 4.69) is 4.98 Å². The van der Waals surface area contributed by atoms with E-state index in [1.165, 1.54) is 30.3 Å². The largest absolute Gasteiger partial charge is 0.508 e. The van der Waals surface area contributed by atoms with Crippen molar-refractivity contribution in [3.63, 3.8) is 0 Å². The first kappa shape index (κ1) is 14.1. The Balaban J connectivity index is 2.10. The number of ether oxygens (including phenoxy) is 1. The summed E-state index contributed by atoms with van der Waals surface area (Å²) in [5, 5.41) is 21.5. The Morgan fingerprint density at radius 2 is 1.86 bits per heavy atom. The van der Waals surface area contributed by atoms with Crippen LogP contribution in [0, 0.1) is 10.1 Å². The summed E-state index contributed by atoms with van der Waals surface area (Å²) in [7, 11) is 0. The van der Waals surface area contributed by atoms with Gasteiger partial charge in [0, 0.05) is 16.5 Å². The molecule has 0 aliphatic carbocycles. The van der Waals surface area contributed by atoms with Gasteiger partial charge < -0.3 is 9.84 Å². The Kier molecular flexibility index (Phi) is 3.52. The number of nitrogens with zero attached hydrogens (tertiary/aromatic N) is 2. The lowest BCUT2D eigenvalue weighted by Gasteiger charge is -2.07. The predicted molar refractivity (Wildman–Crippen MR) is 81.6 cm³/mol. The van der Waals surface area contributed by atoms with E-state index in [0.717, 1.165) is 0 Å². The van der Waals surface area contributed by atoms with Gasteiger partial charge >= 0.3 is 5.69 Å². The summed E-state index contributed by atoms with van der Waals surface area (Å²) in [5.74, 6) is 0.287. The van der Waals surface area contributed by atoms with Crippen LogP contribution in [0.15, 0.2) is 48.5 Å². The van der Waals surface area contributed by atoms with Gasteiger partial charge in [-0.2, -0.15) is 0 Å². The van der Waals surface area contributed by atoms with Gasteiger partial charge in [0.25, 0.3) is 5.88 Å². The molecule has 1 heterocycles. The number of fused-ring (bicyclic) bond motifs is 1. The van der Waals surface area contributed by atoms with Crippen molar-refractivity contribution in [2.24, 2.45) is 0 Å². The number of phenols is 1.